The van der Waals surface area contributed by atoms with Crippen LogP contribution in [0.15, 0.2) is 30.5 Å². The molecule has 1 saturated heterocycles. The molecule has 0 bridgehead atoms. The number of aromatic nitrogens is 2. The molecule has 3 rings (SSSR count). The van der Waals surface area contributed by atoms with Gasteiger partial charge in [-0.05, 0) is 29.8 Å². The molecule has 5 nitrogen and oxygen atoms in total. The van der Waals surface area contributed by atoms with Crippen LogP contribution >= 0.6 is 0 Å². The number of nitrogens with one attached hydrogen (secondary N) is 1. The number of nitrogens with zero attached hydrogens (tertiary/aromatic N) is 1. The molecule has 112 valence electrons. The van der Waals surface area contributed by atoms with Crippen molar-refractivity contribution in [2.45, 2.75) is 13.2 Å². The highest BCUT2D eigenvalue weighted by atomic mass is 19.1. The summed E-state index contributed by atoms with van der Waals surface area (Å²) in [7, 11) is 0. The van der Waals surface area contributed by atoms with E-state index in [1.165, 1.54) is 12.1 Å². The van der Waals surface area contributed by atoms with Crippen LogP contribution in [-0.4, -0.2) is 29.7 Å². The molecule has 2 aromatic rings. The minimum atomic E-state index is -0.515. The van der Waals surface area contributed by atoms with Gasteiger partial charge < -0.3 is 20.2 Å². The van der Waals surface area contributed by atoms with Gasteiger partial charge in [-0.1, -0.05) is 6.92 Å². The van der Waals surface area contributed by atoms with Crippen LogP contribution in [0.25, 0.3) is 11.3 Å². The number of benzene rings is 1. The first-order valence-corrected chi connectivity index (χ1v) is 6.84. The average molecular weight is 291 g/mol. The van der Waals surface area contributed by atoms with Crippen molar-refractivity contribution < 1.29 is 13.9 Å². The summed E-state index contributed by atoms with van der Waals surface area (Å²) in [5.74, 6) is 0.340. The molecule has 1 fully saturated rings. The maximum absolute atomic E-state index is 12.9. The third-order valence-electron chi connectivity index (χ3n) is 3.63. The molecule has 0 spiro atoms. The van der Waals surface area contributed by atoms with E-state index in [1.807, 2.05) is 6.92 Å². The van der Waals surface area contributed by atoms with E-state index in [-0.39, 0.29) is 11.2 Å². The van der Waals surface area contributed by atoms with Gasteiger partial charge in [0.15, 0.2) is 5.82 Å². The van der Waals surface area contributed by atoms with Crippen molar-refractivity contribution >= 4 is 0 Å². The largest absolute Gasteiger partial charge is 0.345 e. The third-order valence-corrected chi connectivity index (χ3v) is 3.63. The Morgan fingerprint density at radius 3 is 2.62 bits per heavy atom. The summed E-state index contributed by atoms with van der Waals surface area (Å²) < 4.78 is 24.3. The Labute approximate surface area is 122 Å². The molecule has 0 atom stereocenters. The summed E-state index contributed by atoms with van der Waals surface area (Å²) in [5, 5.41) is 0. The van der Waals surface area contributed by atoms with Gasteiger partial charge in [-0.15, -0.1) is 0 Å². The zero-order valence-electron chi connectivity index (χ0n) is 11.8. The standard InChI is InChI=1S/C15H18FN3O2/c1-15(7-17)8-20-14(21-9-15)13-18-6-12(19-13)10-2-4-11(16)5-3-10/h2-6,14H,7-9,17H2,1H3,(H,18,19). The Bertz CT molecular complexity index is 604. The molecule has 0 saturated carbocycles. The van der Waals surface area contributed by atoms with Crippen LogP contribution in [0.3, 0.4) is 0 Å². The van der Waals surface area contributed by atoms with Crippen molar-refractivity contribution in [1.82, 2.24) is 9.97 Å². The highest BCUT2D eigenvalue weighted by Crippen LogP contribution is 2.30. The van der Waals surface area contributed by atoms with Gasteiger partial charge in [-0.3, -0.25) is 0 Å². The molecule has 2 heterocycles. The summed E-state index contributed by atoms with van der Waals surface area (Å²) in [5.41, 5.74) is 7.20. The summed E-state index contributed by atoms with van der Waals surface area (Å²) in [6.45, 7) is 3.59. The minimum absolute atomic E-state index is 0.150. The Kier molecular flexibility index (Phi) is 3.75. The number of hydrogen-bond donors (Lipinski definition) is 2. The van der Waals surface area contributed by atoms with Crippen LogP contribution in [0.4, 0.5) is 4.39 Å². The second-order valence-electron chi connectivity index (χ2n) is 5.66. The van der Waals surface area contributed by atoms with E-state index in [9.17, 15) is 4.39 Å². The predicted octanol–water partition coefficient (Wildman–Crippen LogP) is 2.23. The first-order chi connectivity index (χ1) is 10.1. The fourth-order valence-electron chi connectivity index (χ4n) is 2.15. The fraction of sp³-hybridized carbons (Fsp3) is 0.400. The lowest BCUT2D eigenvalue weighted by Gasteiger charge is -2.35. The van der Waals surface area contributed by atoms with Gasteiger partial charge in [0.1, 0.15) is 5.82 Å². The quantitative estimate of drug-likeness (QED) is 0.909. The van der Waals surface area contributed by atoms with E-state index in [4.69, 9.17) is 15.2 Å². The first kappa shape index (κ1) is 14.2. The van der Waals surface area contributed by atoms with Crippen LogP contribution < -0.4 is 5.73 Å². The second-order valence-corrected chi connectivity index (χ2v) is 5.66. The van der Waals surface area contributed by atoms with Gasteiger partial charge in [0.2, 0.25) is 6.29 Å². The van der Waals surface area contributed by atoms with Gasteiger partial charge in [0, 0.05) is 12.0 Å². The van der Waals surface area contributed by atoms with Gasteiger partial charge in [0.05, 0.1) is 25.1 Å². The fourth-order valence-corrected chi connectivity index (χ4v) is 2.15. The number of halogens is 1. The lowest BCUT2D eigenvalue weighted by atomic mass is 9.93. The van der Waals surface area contributed by atoms with Gasteiger partial charge in [0.25, 0.3) is 0 Å². The van der Waals surface area contributed by atoms with Gasteiger partial charge >= 0.3 is 0 Å². The second kappa shape index (κ2) is 5.55. The molecular weight excluding hydrogens is 273 g/mol. The van der Waals surface area contributed by atoms with Crippen molar-refractivity contribution in [3.8, 4) is 11.3 Å². The molecule has 3 N–H and O–H groups in total. The molecule has 1 aromatic heterocycles. The highest BCUT2D eigenvalue weighted by molar-refractivity contribution is 5.58. The summed E-state index contributed by atoms with van der Waals surface area (Å²) in [6, 6.07) is 6.22. The predicted molar refractivity (Wildman–Crippen MR) is 75.8 cm³/mol. The molecule has 0 amide bonds. The van der Waals surface area contributed by atoms with E-state index in [0.717, 1.165) is 11.3 Å². The molecule has 21 heavy (non-hydrogen) atoms. The average Bonchev–Trinajstić information content (AvgIpc) is 2.98. The van der Waals surface area contributed by atoms with Crippen molar-refractivity contribution in [2.75, 3.05) is 19.8 Å². The number of ether oxygens (including phenoxy) is 2. The van der Waals surface area contributed by atoms with Crippen molar-refractivity contribution in [1.29, 1.82) is 0 Å². The van der Waals surface area contributed by atoms with E-state index in [0.29, 0.717) is 25.6 Å². The molecule has 6 heteroatoms. The third kappa shape index (κ3) is 2.97. The minimum Gasteiger partial charge on any atom is -0.345 e. The Hall–Kier alpha value is -1.76. The SMILES string of the molecule is CC1(CN)COC(c2ncc(-c3ccc(F)cc3)[nH]2)OC1. The van der Waals surface area contributed by atoms with E-state index in [2.05, 4.69) is 9.97 Å². The van der Waals surface area contributed by atoms with Gasteiger partial charge in [-0.2, -0.15) is 0 Å². The van der Waals surface area contributed by atoms with Crippen LogP contribution in [0.1, 0.15) is 19.0 Å². The number of imidazole rings is 1. The van der Waals surface area contributed by atoms with Gasteiger partial charge in [-0.25, -0.2) is 9.37 Å². The Balaban J connectivity index is 1.72. The lowest BCUT2D eigenvalue weighted by Crippen LogP contribution is -2.42. The van der Waals surface area contributed by atoms with Crippen LogP contribution in [0.2, 0.25) is 0 Å². The topological polar surface area (TPSA) is 73.2 Å². The highest BCUT2D eigenvalue weighted by Gasteiger charge is 2.33. The molecule has 1 aliphatic heterocycles. The normalized spacial score (nSPS) is 26.0. The smallest absolute Gasteiger partial charge is 0.217 e. The van der Waals surface area contributed by atoms with Crippen LogP contribution in [0, 0.1) is 11.2 Å². The summed E-state index contributed by atoms with van der Waals surface area (Å²) in [4.78, 5) is 7.43. The molecule has 1 aromatic carbocycles. The van der Waals surface area contributed by atoms with Crippen molar-refractivity contribution in [3.05, 3.63) is 42.1 Å². The number of hydrogen-bond acceptors (Lipinski definition) is 4. The number of nitrogens with two attached hydrogens (primary N) is 1. The Morgan fingerprint density at radius 1 is 1.33 bits per heavy atom. The summed E-state index contributed by atoms with van der Waals surface area (Å²) in [6.07, 6.45) is 1.17. The molecule has 0 aliphatic carbocycles. The number of aromatic amines is 1. The monoisotopic (exact) mass is 291 g/mol. The molecule has 0 unspecified atom stereocenters. The van der Waals surface area contributed by atoms with Crippen molar-refractivity contribution in [3.63, 3.8) is 0 Å². The van der Waals surface area contributed by atoms with E-state index in [1.54, 1.807) is 18.3 Å². The zero-order valence-corrected chi connectivity index (χ0v) is 11.8. The lowest BCUT2D eigenvalue weighted by molar-refractivity contribution is -0.231. The molecular formula is C15H18FN3O2. The van der Waals surface area contributed by atoms with Crippen LogP contribution in [0.5, 0.6) is 0 Å². The van der Waals surface area contributed by atoms with Crippen LogP contribution in [-0.2, 0) is 9.47 Å². The Morgan fingerprint density at radius 2 is 2.00 bits per heavy atom. The molecule has 1 aliphatic rings. The first-order valence-electron chi connectivity index (χ1n) is 6.84. The van der Waals surface area contributed by atoms with E-state index < -0.39 is 6.29 Å². The zero-order chi connectivity index (χ0) is 14.9. The maximum Gasteiger partial charge on any atom is 0.217 e. The number of H-pyrrole nitrogens is 1. The maximum atomic E-state index is 12.9. The van der Waals surface area contributed by atoms with Crippen molar-refractivity contribution in [2.24, 2.45) is 11.1 Å². The number of rotatable bonds is 3. The molecule has 0 radical (unpaired) electrons. The summed E-state index contributed by atoms with van der Waals surface area (Å²) >= 11 is 0. The van der Waals surface area contributed by atoms with E-state index >= 15 is 0 Å².